The minimum absolute atomic E-state index is 0.0830. The van der Waals surface area contributed by atoms with Gasteiger partial charge < -0.3 is 14.9 Å². The first kappa shape index (κ1) is 18.5. The lowest BCUT2D eigenvalue weighted by atomic mass is 10.0. The van der Waals surface area contributed by atoms with Crippen LogP contribution in [0.3, 0.4) is 0 Å². The average Bonchev–Trinajstić information content (AvgIpc) is 2.97. The van der Waals surface area contributed by atoms with Crippen LogP contribution in [0.4, 0.5) is 4.39 Å². The molecule has 0 spiro atoms. The molecule has 0 bridgehead atoms. The number of halogens is 1. The van der Waals surface area contributed by atoms with Crippen LogP contribution in [0.15, 0.2) is 42.5 Å². The summed E-state index contributed by atoms with van der Waals surface area (Å²) in [5.74, 6) is -0.321. The zero-order chi connectivity index (χ0) is 18.9. The summed E-state index contributed by atoms with van der Waals surface area (Å²) in [6.07, 6.45) is 0.577. The second-order valence-corrected chi connectivity index (χ2v) is 7.48. The third-order valence-corrected chi connectivity index (χ3v) is 4.83. The van der Waals surface area contributed by atoms with Gasteiger partial charge in [0, 0.05) is 18.7 Å². The Kier molecular flexibility index (Phi) is 5.12. The Morgan fingerprint density at radius 2 is 1.96 bits per heavy atom. The lowest BCUT2D eigenvalue weighted by Gasteiger charge is -2.26. The van der Waals surface area contributed by atoms with Crippen LogP contribution in [0, 0.1) is 12.7 Å². The molecule has 1 atom stereocenters. The number of likely N-dealkylation sites (tertiary alicyclic amines) is 1. The van der Waals surface area contributed by atoms with Crippen LogP contribution in [0.5, 0.6) is 0 Å². The highest BCUT2D eigenvalue weighted by molar-refractivity contribution is 5.95. The van der Waals surface area contributed by atoms with Crippen molar-refractivity contribution in [3.05, 3.63) is 59.4 Å². The number of benzene rings is 2. The molecule has 1 amide bonds. The van der Waals surface area contributed by atoms with E-state index in [4.69, 9.17) is 0 Å². The predicted molar refractivity (Wildman–Crippen MR) is 101 cm³/mol. The van der Waals surface area contributed by atoms with Gasteiger partial charge in [-0.2, -0.15) is 0 Å². The lowest BCUT2D eigenvalue weighted by molar-refractivity contribution is 0.0236. The molecule has 4 nitrogen and oxygen atoms in total. The molecule has 2 aromatic carbocycles. The molecular formula is C21H25FN2O2. The van der Waals surface area contributed by atoms with Crippen molar-refractivity contribution < 1.29 is 14.3 Å². The molecule has 1 heterocycles. The number of nitrogens with zero attached hydrogens (tertiary/aromatic N) is 2. The summed E-state index contributed by atoms with van der Waals surface area (Å²) in [6, 6.07) is 12.3. The number of aliphatic hydroxyl groups is 1. The van der Waals surface area contributed by atoms with E-state index in [1.165, 1.54) is 6.07 Å². The maximum Gasteiger partial charge on any atom is 0.253 e. The standard InChI is InChI=1S/C21H25FN2O2/c1-15-11-17(7-8-19(15)22)16-5-4-6-18(12-16)20(25)24-10-9-21(26,14-24)13-23(2)3/h4-8,11-12,26H,9-10,13-14H2,1-3H3/t21-/m1/s1. The number of carbonyl (C=O) groups is 1. The van der Waals surface area contributed by atoms with Gasteiger partial charge in [-0.15, -0.1) is 0 Å². The number of β-amino-alcohol motifs (C(OH)–C–C–N with tert-alkyl or cyclic N) is 1. The first-order chi connectivity index (χ1) is 12.3. The molecule has 3 rings (SSSR count). The van der Waals surface area contributed by atoms with E-state index in [0.29, 0.717) is 37.2 Å². The SMILES string of the molecule is Cc1cc(-c2cccc(C(=O)N3CC[C@@](O)(CN(C)C)C3)c2)ccc1F. The van der Waals surface area contributed by atoms with Crippen molar-refractivity contribution in [1.29, 1.82) is 0 Å². The highest BCUT2D eigenvalue weighted by Gasteiger charge is 2.38. The van der Waals surface area contributed by atoms with Gasteiger partial charge in [0.25, 0.3) is 5.91 Å². The van der Waals surface area contributed by atoms with Crippen LogP contribution in [0.2, 0.25) is 0 Å². The number of aryl methyl sites for hydroxylation is 1. The molecule has 1 fully saturated rings. The van der Waals surface area contributed by atoms with Gasteiger partial charge in [0.2, 0.25) is 0 Å². The van der Waals surface area contributed by atoms with Crippen molar-refractivity contribution in [2.24, 2.45) is 0 Å². The van der Waals surface area contributed by atoms with Crippen LogP contribution >= 0.6 is 0 Å². The van der Waals surface area contributed by atoms with E-state index in [9.17, 15) is 14.3 Å². The van der Waals surface area contributed by atoms with Gasteiger partial charge in [0.1, 0.15) is 5.82 Å². The summed E-state index contributed by atoms with van der Waals surface area (Å²) >= 11 is 0. The maximum absolute atomic E-state index is 13.5. The fraction of sp³-hybridized carbons (Fsp3) is 0.381. The highest BCUT2D eigenvalue weighted by atomic mass is 19.1. The maximum atomic E-state index is 13.5. The summed E-state index contributed by atoms with van der Waals surface area (Å²) < 4.78 is 13.5. The molecule has 1 aliphatic rings. The van der Waals surface area contributed by atoms with Crippen LogP contribution in [0.1, 0.15) is 22.3 Å². The zero-order valence-corrected chi connectivity index (χ0v) is 15.5. The molecule has 26 heavy (non-hydrogen) atoms. The molecule has 0 aromatic heterocycles. The van der Waals surface area contributed by atoms with Gasteiger partial charge >= 0.3 is 0 Å². The van der Waals surface area contributed by atoms with E-state index in [1.807, 2.05) is 37.2 Å². The molecule has 0 unspecified atom stereocenters. The number of carbonyl (C=O) groups excluding carboxylic acids is 1. The van der Waals surface area contributed by atoms with E-state index in [1.54, 1.807) is 30.0 Å². The van der Waals surface area contributed by atoms with Crippen LogP contribution in [-0.4, -0.2) is 60.1 Å². The monoisotopic (exact) mass is 356 g/mol. The molecule has 1 N–H and O–H groups in total. The van der Waals surface area contributed by atoms with E-state index >= 15 is 0 Å². The first-order valence-corrected chi connectivity index (χ1v) is 8.80. The molecule has 0 aliphatic carbocycles. The van der Waals surface area contributed by atoms with Crippen molar-refractivity contribution in [2.75, 3.05) is 33.7 Å². The van der Waals surface area contributed by atoms with E-state index in [-0.39, 0.29) is 11.7 Å². The Morgan fingerprint density at radius 3 is 2.65 bits per heavy atom. The van der Waals surface area contributed by atoms with Crippen molar-refractivity contribution >= 4 is 5.91 Å². The number of hydrogen-bond acceptors (Lipinski definition) is 3. The molecular weight excluding hydrogens is 331 g/mol. The Balaban J connectivity index is 1.80. The van der Waals surface area contributed by atoms with E-state index in [2.05, 4.69) is 0 Å². The van der Waals surface area contributed by atoms with Gasteiger partial charge in [-0.05, 0) is 68.4 Å². The topological polar surface area (TPSA) is 43.8 Å². The van der Waals surface area contributed by atoms with Crippen molar-refractivity contribution in [3.8, 4) is 11.1 Å². The summed E-state index contributed by atoms with van der Waals surface area (Å²) in [4.78, 5) is 16.5. The molecule has 1 saturated heterocycles. The van der Waals surface area contributed by atoms with Gasteiger partial charge in [0.05, 0.1) is 12.1 Å². The largest absolute Gasteiger partial charge is 0.387 e. The summed E-state index contributed by atoms with van der Waals surface area (Å²) in [6.45, 7) is 3.14. The molecule has 5 heteroatoms. The second-order valence-electron chi connectivity index (χ2n) is 7.48. The summed E-state index contributed by atoms with van der Waals surface area (Å²) in [5, 5.41) is 10.6. The van der Waals surface area contributed by atoms with Crippen LogP contribution < -0.4 is 0 Å². The normalized spacial score (nSPS) is 20.0. The predicted octanol–water partition coefficient (Wildman–Crippen LogP) is 2.94. The smallest absolute Gasteiger partial charge is 0.253 e. The summed E-state index contributed by atoms with van der Waals surface area (Å²) in [5.41, 5.74) is 2.06. The summed E-state index contributed by atoms with van der Waals surface area (Å²) in [7, 11) is 3.83. The Bertz CT molecular complexity index is 821. The quantitative estimate of drug-likeness (QED) is 0.916. The molecule has 138 valence electrons. The lowest BCUT2D eigenvalue weighted by Crippen LogP contribution is -2.43. The Labute approximate surface area is 153 Å². The number of hydrogen-bond donors (Lipinski definition) is 1. The number of amides is 1. The Morgan fingerprint density at radius 1 is 1.23 bits per heavy atom. The first-order valence-electron chi connectivity index (χ1n) is 8.80. The van der Waals surface area contributed by atoms with Gasteiger partial charge in [-0.3, -0.25) is 4.79 Å². The van der Waals surface area contributed by atoms with E-state index in [0.717, 1.165) is 11.1 Å². The Hall–Kier alpha value is -2.24. The van der Waals surface area contributed by atoms with Crippen LogP contribution in [0.25, 0.3) is 11.1 Å². The fourth-order valence-corrected chi connectivity index (χ4v) is 3.59. The molecule has 0 radical (unpaired) electrons. The van der Waals surface area contributed by atoms with E-state index < -0.39 is 5.60 Å². The van der Waals surface area contributed by atoms with Crippen molar-refractivity contribution in [1.82, 2.24) is 9.80 Å². The van der Waals surface area contributed by atoms with Gasteiger partial charge in [-0.1, -0.05) is 18.2 Å². The fourth-order valence-electron chi connectivity index (χ4n) is 3.59. The molecule has 0 saturated carbocycles. The minimum Gasteiger partial charge on any atom is -0.387 e. The van der Waals surface area contributed by atoms with Crippen molar-refractivity contribution in [3.63, 3.8) is 0 Å². The highest BCUT2D eigenvalue weighted by Crippen LogP contribution is 2.26. The molecule has 2 aromatic rings. The third-order valence-electron chi connectivity index (χ3n) is 4.83. The third kappa shape index (κ3) is 3.94. The van der Waals surface area contributed by atoms with Gasteiger partial charge in [0.15, 0.2) is 0 Å². The van der Waals surface area contributed by atoms with Crippen molar-refractivity contribution in [2.45, 2.75) is 18.9 Å². The molecule has 1 aliphatic heterocycles. The van der Waals surface area contributed by atoms with Gasteiger partial charge in [-0.25, -0.2) is 4.39 Å². The zero-order valence-electron chi connectivity index (χ0n) is 15.5. The average molecular weight is 356 g/mol. The second kappa shape index (κ2) is 7.17. The minimum atomic E-state index is -0.856. The number of rotatable bonds is 4. The van der Waals surface area contributed by atoms with Crippen LogP contribution in [-0.2, 0) is 0 Å². The number of likely N-dealkylation sites (N-methyl/N-ethyl adjacent to an activating group) is 1.